The van der Waals surface area contributed by atoms with Gasteiger partial charge in [-0.15, -0.1) is 0 Å². The van der Waals surface area contributed by atoms with Crippen molar-refractivity contribution >= 4 is 23.2 Å². The molecule has 2 amide bonds. The lowest BCUT2D eigenvalue weighted by molar-refractivity contribution is -0.127. The number of nitrogens with one attached hydrogen (secondary N) is 1. The highest BCUT2D eigenvalue weighted by atomic mass is 19.1. The van der Waals surface area contributed by atoms with Crippen molar-refractivity contribution in [3.63, 3.8) is 0 Å². The molecule has 0 atom stereocenters. The molecule has 1 heterocycles. The molecule has 130 valence electrons. The van der Waals surface area contributed by atoms with E-state index in [1.165, 1.54) is 24.3 Å². The van der Waals surface area contributed by atoms with Crippen LogP contribution in [0.1, 0.15) is 24.2 Å². The summed E-state index contributed by atoms with van der Waals surface area (Å²) in [4.78, 5) is 26.3. The molecule has 3 rings (SSSR count). The fourth-order valence-corrected chi connectivity index (χ4v) is 2.67. The summed E-state index contributed by atoms with van der Waals surface area (Å²) in [6, 6.07) is 10.4. The van der Waals surface area contributed by atoms with E-state index in [4.69, 9.17) is 4.74 Å². The SMILES string of the molecule is CN1C(=O)C(C)(C)COc2cc(NC(=O)c3ccc(F)cc3)ccc21. The van der Waals surface area contributed by atoms with E-state index < -0.39 is 11.2 Å². The summed E-state index contributed by atoms with van der Waals surface area (Å²) in [6.07, 6.45) is 0. The van der Waals surface area contributed by atoms with Gasteiger partial charge < -0.3 is 15.0 Å². The van der Waals surface area contributed by atoms with E-state index in [0.29, 0.717) is 22.7 Å². The van der Waals surface area contributed by atoms with Crippen LogP contribution < -0.4 is 15.0 Å². The van der Waals surface area contributed by atoms with Crippen LogP contribution in [0, 0.1) is 11.2 Å². The minimum absolute atomic E-state index is 0.0330. The summed E-state index contributed by atoms with van der Waals surface area (Å²) in [5.74, 6) is -0.253. The molecule has 25 heavy (non-hydrogen) atoms. The van der Waals surface area contributed by atoms with Crippen molar-refractivity contribution in [2.45, 2.75) is 13.8 Å². The quantitative estimate of drug-likeness (QED) is 0.909. The van der Waals surface area contributed by atoms with Crippen LogP contribution in [-0.2, 0) is 4.79 Å². The Labute approximate surface area is 145 Å². The first-order valence-electron chi connectivity index (χ1n) is 7.90. The van der Waals surface area contributed by atoms with Gasteiger partial charge in [-0.1, -0.05) is 0 Å². The van der Waals surface area contributed by atoms with E-state index in [2.05, 4.69) is 5.32 Å². The number of rotatable bonds is 2. The van der Waals surface area contributed by atoms with Gasteiger partial charge in [-0.3, -0.25) is 9.59 Å². The number of benzene rings is 2. The Kier molecular flexibility index (Phi) is 4.20. The summed E-state index contributed by atoms with van der Waals surface area (Å²) in [5, 5.41) is 2.75. The number of fused-ring (bicyclic) bond motifs is 1. The van der Waals surface area contributed by atoms with E-state index >= 15 is 0 Å². The highest BCUT2D eigenvalue weighted by molar-refractivity contribution is 6.05. The molecule has 2 aromatic rings. The van der Waals surface area contributed by atoms with Gasteiger partial charge in [0, 0.05) is 24.4 Å². The number of carbonyl (C=O) groups excluding carboxylic acids is 2. The molecule has 2 aromatic carbocycles. The molecule has 1 aliphatic rings. The zero-order valence-electron chi connectivity index (χ0n) is 14.3. The second-order valence-electron chi connectivity index (χ2n) is 6.68. The molecule has 0 aliphatic carbocycles. The van der Waals surface area contributed by atoms with Crippen LogP contribution in [0.5, 0.6) is 5.75 Å². The zero-order chi connectivity index (χ0) is 18.2. The van der Waals surface area contributed by atoms with Crippen LogP contribution in [0.25, 0.3) is 0 Å². The van der Waals surface area contributed by atoms with E-state index in [-0.39, 0.29) is 18.4 Å². The van der Waals surface area contributed by atoms with Crippen LogP contribution in [0.3, 0.4) is 0 Å². The highest BCUT2D eigenvalue weighted by Crippen LogP contribution is 2.37. The molecule has 6 heteroatoms. The summed E-state index contributed by atoms with van der Waals surface area (Å²) in [6.45, 7) is 3.91. The molecule has 1 aliphatic heterocycles. The van der Waals surface area contributed by atoms with Crippen molar-refractivity contribution in [1.82, 2.24) is 0 Å². The van der Waals surface area contributed by atoms with Gasteiger partial charge in [-0.2, -0.15) is 0 Å². The summed E-state index contributed by atoms with van der Waals surface area (Å²) in [5.41, 5.74) is 0.903. The summed E-state index contributed by atoms with van der Waals surface area (Å²) >= 11 is 0. The number of nitrogens with zero attached hydrogens (tertiary/aromatic N) is 1. The number of anilines is 2. The first kappa shape index (κ1) is 17.0. The third kappa shape index (κ3) is 3.33. The number of carbonyl (C=O) groups is 2. The molecule has 0 fully saturated rings. The predicted octanol–water partition coefficient (Wildman–Crippen LogP) is 3.46. The first-order chi connectivity index (χ1) is 11.8. The van der Waals surface area contributed by atoms with Crippen molar-refractivity contribution in [2.75, 3.05) is 23.9 Å². The summed E-state index contributed by atoms with van der Waals surface area (Å²) in [7, 11) is 1.70. The standard InChI is InChI=1S/C19H19FN2O3/c1-19(2)11-25-16-10-14(8-9-15(16)22(3)18(19)24)21-17(23)12-4-6-13(20)7-5-12/h4-10H,11H2,1-3H3,(H,21,23). The lowest BCUT2D eigenvalue weighted by atomic mass is 9.93. The van der Waals surface area contributed by atoms with Gasteiger partial charge in [0.25, 0.3) is 5.91 Å². The molecule has 0 saturated carbocycles. The molecule has 1 N–H and O–H groups in total. The molecule has 0 spiro atoms. The number of hydrogen-bond acceptors (Lipinski definition) is 3. The fourth-order valence-electron chi connectivity index (χ4n) is 2.67. The number of halogens is 1. The van der Waals surface area contributed by atoms with Crippen LogP contribution >= 0.6 is 0 Å². The van der Waals surface area contributed by atoms with Gasteiger partial charge in [0.15, 0.2) is 0 Å². The molecule has 5 nitrogen and oxygen atoms in total. The van der Waals surface area contributed by atoms with Crippen LogP contribution in [0.4, 0.5) is 15.8 Å². The smallest absolute Gasteiger partial charge is 0.255 e. The maximum atomic E-state index is 13.0. The normalized spacial score (nSPS) is 15.8. The van der Waals surface area contributed by atoms with Crippen LogP contribution in [-0.4, -0.2) is 25.5 Å². The minimum atomic E-state index is -0.634. The Morgan fingerprint density at radius 3 is 2.56 bits per heavy atom. The second kappa shape index (κ2) is 6.20. The Bertz CT molecular complexity index is 831. The highest BCUT2D eigenvalue weighted by Gasteiger charge is 2.36. The predicted molar refractivity (Wildman–Crippen MR) is 93.5 cm³/mol. The number of hydrogen-bond donors (Lipinski definition) is 1. The van der Waals surface area contributed by atoms with Crippen molar-refractivity contribution in [3.05, 3.63) is 53.8 Å². The van der Waals surface area contributed by atoms with E-state index in [9.17, 15) is 14.0 Å². The number of ether oxygens (including phenoxy) is 1. The lowest BCUT2D eigenvalue weighted by Gasteiger charge is -2.24. The van der Waals surface area contributed by atoms with E-state index in [1.807, 2.05) is 13.8 Å². The lowest BCUT2D eigenvalue weighted by Crippen LogP contribution is -2.39. The van der Waals surface area contributed by atoms with Crippen LogP contribution in [0.15, 0.2) is 42.5 Å². The fraction of sp³-hybridized carbons (Fsp3) is 0.263. The van der Waals surface area contributed by atoms with Crippen molar-refractivity contribution < 1.29 is 18.7 Å². The molecule has 0 saturated heterocycles. The van der Waals surface area contributed by atoms with Gasteiger partial charge in [0.05, 0.1) is 11.1 Å². The van der Waals surface area contributed by atoms with Gasteiger partial charge in [0.1, 0.15) is 18.2 Å². The average molecular weight is 342 g/mol. The topological polar surface area (TPSA) is 58.6 Å². The van der Waals surface area contributed by atoms with Gasteiger partial charge in [0.2, 0.25) is 5.91 Å². The maximum Gasteiger partial charge on any atom is 0.255 e. The molecule has 0 bridgehead atoms. The zero-order valence-corrected chi connectivity index (χ0v) is 14.3. The molecule has 0 radical (unpaired) electrons. The Balaban J connectivity index is 1.84. The third-order valence-electron chi connectivity index (χ3n) is 4.16. The van der Waals surface area contributed by atoms with Crippen molar-refractivity contribution in [1.29, 1.82) is 0 Å². The molecular formula is C19H19FN2O3. The van der Waals surface area contributed by atoms with E-state index in [0.717, 1.165) is 0 Å². The van der Waals surface area contributed by atoms with Crippen molar-refractivity contribution in [2.24, 2.45) is 5.41 Å². The van der Waals surface area contributed by atoms with E-state index in [1.54, 1.807) is 30.1 Å². The minimum Gasteiger partial charge on any atom is -0.490 e. The average Bonchev–Trinajstić information content (AvgIpc) is 2.66. The van der Waals surface area contributed by atoms with Crippen molar-refractivity contribution in [3.8, 4) is 5.75 Å². The van der Waals surface area contributed by atoms with Gasteiger partial charge in [-0.25, -0.2) is 4.39 Å². The molecule has 0 aromatic heterocycles. The Morgan fingerprint density at radius 1 is 1.20 bits per heavy atom. The number of amides is 2. The van der Waals surface area contributed by atoms with Gasteiger partial charge in [-0.05, 0) is 50.2 Å². The maximum absolute atomic E-state index is 13.0. The second-order valence-corrected chi connectivity index (χ2v) is 6.68. The third-order valence-corrected chi connectivity index (χ3v) is 4.16. The first-order valence-corrected chi connectivity index (χ1v) is 7.90. The summed E-state index contributed by atoms with van der Waals surface area (Å²) < 4.78 is 18.7. The van der Waals surface area contributed by atoms with Crippen LogP contribution in [0.2, 0.25) is 0 Å². The molecular weight excluding hydrogens is 323 g/mol. The Morgan fingerprint density at radius 2 is 1.88 bits per heavy atom. The largest absolute Gasteiger partial charge is 0.490 e. The van der Waals surface area contributed by atoms with Gasteiger partial charge >= 0.3 is 0 Å². The Hall–Kier alpha value is -2.89. The molecule has 0 unspecified atom stereocenters. The monoisotopic (exact) mass is 342 g/mol.